The molecule has 0 fully saturated rings. The maximum atomic E-state index is 11.8. The van der Waals surface area contributed by atoms with Gasteiger partial charge < -0.3 is 19.4 Å². The monoisotopic (exact) mass is 488 g/mol. The Morgan fingerprint density at radius 3 is 1.48 bits per heavy atom. The molecule has 0 aromatic rings. The van der Waals surface area contributed by atoms with Crippen LogP contribution in [0.15, 0.2) is 24.3 Å². The van der Waals surface area contributed by atoms with Crippen molar-refractivity contribution >= 4 is 7.60 Å². The molecule has 0 radical (unpaired) electrons. The van der Waals surface area contributed by atoms with Crippen LogP contribution in [0.3, 0.4) is 0 Å². The van der Waals surface area contributed by atoms with E-state index in [4.69, 9.17) is 0 Å². The molecule has 6 heteroatoms. The van der Waals surface area contributed by atoms with E-state index in [0.29, 0.717) is 10.9 Å². The standard InChI is InChI=1S/C27H54NO4P/c1-5-6-7-8-9-10-11-12-13-14-15-16-17-18-19-20-21-22-23-24-25-27(29,33(30,31)32)26-28(2,3)4/h15-16,20-21,29H,5-14,17-19,22-26H2,1-4H3,(H-,30,31,32)/p+1/b16-15-,21-20-. The van der Waals surface area contributed by atoms with Crippen LogP contribution in [0.4, 0.5) is 0 Å². The molecule has 196 valence electrons. The Kier molecular flexibility index (Phi) is 18.6. The van der Waals surface area contributed by atoms with Gasteiger partial charge in [-0.1, -0.05) is 82.6 Å². The van der Waals surface area contributed by atoms with Gasteiger partial charge in [-0.3, -0.25) is 4.57 Å². The van der Waals surface area contributed by atoms with Gasteiger partial charge in [-0.15, -0.1) is 0 Å². The van der Waals surface area contributed by atoms with Gasteiger partial charge in [-0.05, 0) is 57.8 Å². The summed E-state index contributed by atoms with van der Waals surface area (Å²) in [7, 11) is 0.924. The van der Waals surface area contributed by atoms with Crippen LogP contribution < -0.4 is 0 Å². The van der Waals surface area contributed by atoms with E-state index in [9.17, 15) is 19.5 Å². The number of rotatable bonds is 22. The van der Waals surface area contributed by atoms with Crippen LogP contribution in [0, 0.1) is 0 Å². The molecule has 33 heavy (non-hydrogen) atoms. The van der Waals surface area contributed by atoms with Gasteiger partial charge in [-0.25, -0.2) is 0 Å². The normalized spacial score (nSPS) is 15.0. The van der Waals surface area contributed by atoms with E-state index in [1.807, 2.05) is 21.1 Å². The van der Waals surface area contributed by atoms with Crippen LogP contribution in [-0.2, 0) is 4.57 Å². The fraction of sp³-hybridized carbons (Fsp3) is 0.852. The Labute approximate surface area is 205 Å². The van der Waals surface area contributed by atoms with Gasteiger partial charge in [0, 0.05) is 0 Å². The molecular weight excluding hydrogens is 433 g/mol. The number of hydrogen-bond donors (Lipinski definition) is 3. The molecule has 0 aromatic heterocycles. The van der Waals surface area contributed by atoms with E-state index in [0.717, 1.165) is 32.1 Å². The van der Waals surface area contributed by atoms with Crippen LogP contribution in [0.2, 0.25) is 0 Å². The van der Waals surface area contributed by atoms with Gasteiger partial charge in [0.2, 0.25) is 5.34 Å². The highest BCUT2D eigenvalue weighted by Crippen LogP contribution is 2.52. The van der Waals surface area contributed by atoms with Crippen molar-refractivity contribution in [2.45, 2.75) is 121 Å². The first kappa shape index (κ1) is 32.5. The van der Waals surface area contributed by atoms with Gasteiger partial charge in [0.15, 0.2) is 0 Å². The van der Waals surface area contributed by atoms with Crippen LogP contribution in [0.5, 0.6) is 0 Å². The lowest BCUT2D eigenvalue weighted by Crippen LogP contribution is -2.49. The highest BCUT2D eigenvalue weighted by atomic mass is 31.2. The topological polar surface area (TPSA) is 77.8 Å². The molecule has 0 aliphatic rings. The van der Waals surface area contributed by atoms with E-state index < -0.39 is 12.9 Å². The van der Waals surface area contributed by atoms with Crippen LogP contribution in [0.1, 0.15) is 116 Å². The van der Waals surface area contributed by atoms with Gasteiger partial charge in [0.25, 0.3) is 0 Å². The van der Waals surface area contributed by atoms with Crippen molar-refractivity contribution in [2.75, 3.05) is 27.7 Å². The Morgan fingerprint density at radius 2 is 1.06 bits per heavy atom. The Morgan fingerprint density at radius 1 is 0.667 bits per heavy atom. The molecule has 0 amide bonds. The zero-order valence-corrected chi connectivity index (χ0v) is 23.1. The second-order valence-electron chi connectivity index (χ2n) is 10.7. The number of quaternary nitrogens is 1. The zero-order valence-electron chi connectivity index (χ0n) is 22.2. The molecule has 0 spiro atoms. The molecule has 0 aliphatic carbocycles. The number of hydrogen-bond acceptors (Lipinski definition) is 2. The maximum Gasteiger partial charge on any atom is 0.362 e. The second kappa shape index (κ2) is 18.8. The van der Waals surface area contributed by atoms with Gasteiger partial charge in [0.1, 0.15) is 6.54 Å². The average Bonchev–Trinajstić information content (AvgIpc) is 2.70. The molecule has 0 saturated carbocycles. The van der Waals surface area contributed by atoms with Crippen molar-refractivity contribution in [3.63, 3.8) is 0 Å². The Bertz CT molecular complexity index is 565. The van der Waals surface area contributed by atoms with Crippen molar-refractivity contribution in [1.82, 2.24) is 0 Å². The first-order chi connectivity index (χ1) is 15.5. The van der Waals surface area contributed by atoms with Crippen molar-refractivity contribution < 1.29 is 23.9 Å². The maximum absolute atomic E-state index is 11.8. The van der Waals surface area contributed by atoms with Crippen LogP contribution >= 0.6 is 7.60 Å². The van der Waals surface area contributed by atoms with E-state index >= 15 is 0 Å². The average molecular weight is 489 g/mol. The molecule has 5 nitrogen and oxygen atoms in total. The first-order valence-electron chi connectivity index (χ1n) is 13.4. The van der Waals surface area contributed by atoms with Crippen molar-refractivity contribution in [1.29, 1.82) is 0 Å². The van der Waals surface area contributed by atoms with E-state index in [-0.39, 0.29) is 13.0 Å². The minimum atomic E-state index is -4.56. The summed E-state index contributed by atoms with van der Waals surface area (Å²) >= 11 is 0. The number of nitrogens with zero attached hydrogens (tertiary/aromatic N) is 1. The molecule has 1 atom stereocenters. The minimum absolute atomic E-state index is 0.0414. The van der Waals surface area contributed by atoms with Crippen molar-refractivity contribution in [3.8, 4) is 0 Å². The van der Waals surface area contributed by atoms with Gasteiger partial charge in [-0.2, -0.15) is 0 Å². The Hall–Kier alpha value is -0.450. The third-order valence-electron chi connectivity index (χ3n) is 6.02. The van der Waals surface area contributed by atoms with E-state index in [1.54, 1.807) is 0 Å². The molecule has 0 heterocycles. The summed E-state index contributed by atoms with van der Waals surface area (Å²) in [5.41, 5.74) is 0. The first-order valence-corrected chi connectivity index (χ1v) is 15.0. The smallest absolute Gasteiger partial charge is 0.362 e. The molecule has 0 rings (SSSR count). The quantitative estimate of drug-likeness (QED) is 0.0645. The molecule has 0 bridgehead atoms. The number of likely N-dealkylation sites (N-methyl/N-ethyl adjacent to an activating group) is 1. The highest BCUT2D eigenvalue weighted by Gasteiger charge is 2.48. The molecule has 0 aromatic carbocycles. The summed E-state index contributed by atoms with van der Waals surface area (Å²) in [5, 5.41) is 8.60. The number of unbranched alkanes of at least 4 members (excludes halogenated alkanes) is 13. The van der Waals surface area contributed by atoms with Crippen LogP contribution in [-0.4, -0.2) is 52.4 Å². The lowest BCUT2D eigenvalue weighted by Gasteiger charge is -2.35. The van der Waals surface area contributed by atoms with Crippen molar-refractivity contribution in [2.24, 2.45) is 0 Å². The van der Waals surface area contributed by atoms with E-state index in [2.05, 4.69) is 31.2 Å². The zero-order chi connectivity index (χ0) is 25.1. The SMILES string of the molecule is CCCCCCCCCCC/C=C\CCC/C=C\CCCCC(O)(C[N+](C)(C)C)P(=O)(O)O. The van der Waals surface area contributed by atoms with Gasteiger partial charge in [0.05, 0.1) is 21.1 Å². The third-order valence-corrected chi connectivity index (χ3v) is 7.47. The fourth-order valence-electron chi connectivity index (χ4n) is 4.14. The third kappa shape index (κ3) is 19.5. The van der Waals surface area contributed by atoms with E-state index in [1.165, 1.54) is 64.2 Å². The fourth-order valence-corrected chi connectivity index (χ4v) is 5.20. The molecule has 0 saturated heterocycles. The minimum Gasteiger partial charge on any atom is -0.373 e. The summed E-state index contributed by atoms with van der Waals surface area (Å²) < 4.78 is 12.1. The number of aliphatic hydroxyl groups is 1. The molecule has 3 N–H and O–H groups in total. The molecular formula is C27H55NO4P+. The summed E-state index contributed by atoms with van der Waals surface area (Å²) in [6, 6.07) is 0. The summed E-state index contributed by atoms with van der Waals surface area (Å²) in [6.07, 6.45) is 28.5. The van der Waals surface area contributed by atoms with Crippen molar-refractivity contribution in [3.05, 3.63) is 24.3 Å². The van der Waals surface area contributed by atoms with Crippen LogP contribution in [0.25, 0.3) is 0 Å². The predicted octanol–water partition coefficient (Wildman–Crippen LogP) is 7.32. The lowest BCUT2D eigenvalue weighted by atomic mass is 10.1. The highest BCUT2D eigenvalue weighted by molar-refractivity contribution is 7.53. The predicted molar refractivity (Wildman–Crippen MR) is 142 cm³/mol. The number of allylic oxidation sites excluding steroid dienone is 4. The largest absolute Gasteiger partial charge is 0.373 e. The Balaban J connectivity index is 3.68. The molecule has 0 aliphatic heterocycles. The second-order valence-corrected chi connectivity index (χ2v) is 12.6. The lowest BCUT2D eigenvalue weighted by molar-refractivity contribution is -0.875. The summed E-state index contributed by atoms with van der Waals surface area (Å²) in [6.45, 7) is 2.31. The summed E-state index contributed by atoms with van der Waals surface area (Å²) in [5.74, 6) is 0. The summed E-state index contributed by atoms with van der Waals surface area (Å²) in [4.78, 5) is 19.2. The molecule has 1 unspecified atom stereocenters. The van der Waals surface area contributed by atoms with Gasteiger partial charge >= 0.3 is 7.60 Å².